The molecule has 0 saturated heterocycles. The third kappa shape index (κ3) is 1.78. The molecule has 0 unspecified atom stereocenters. The molecular weight excluding hydrogens is 224 g/mol. The average Bonchev–Trinajstić information content (AvgIpc) is 2.71. The number of hydrogen-bond donors (Lipinski definition) is 1. The second kappa shape index (κ2) is 3.80. The first-order valence-corrected chi connectivity index (χ1v) is 7.31. The number of aryl methyl sites for hydroxylation is 1. The molecule has 4 saturated carbocycles. The highest BCUT2D eigenvalue weighted by Crippen LogP contribution is 2.55. The molecule has 0 atom stereocenters. The first kappa shape index (κ1) is 11.0. The lowest BCUT2D eigenvalue weighted by Crippen LogP contribution is -2.58. The van der Waals surface area contributed by atoms with Crippen LogP contribution in [0.5, 0.6) is 0 Å². The zero-order chi connectivity index (χ0) is 12.2. The van der Waals surface area contributed by atoms with Crippen molar-refractivity contribution in [3.63, 3.8) is 0 Å². The van der Waals surface area contributed by atoms with Crippen LogP contribution in [-0.4, -0.2) is 20.5 Å². The minimum Gasteiger partial charge on any atom is -0.305 e. The predicted octanol–water partition coefficient (Wildman–Crippen LogP) is 1.87. The Morgan fingerprint density at radius 3 is 2.33 bits per heavy atom. The van der Waals surface area contributed by atoms with Crippen LogP contribution in [0.25, 0.3) is 0 Å². The van der Waals surface area contributed by atoms with Crippen molar-refractivity contribution in [3.05, 3.63) is 11.9 Å². The van der Waals surface area contributed by atoms with Crippen molar-refractivity contribution in [1.29, 1.82) is 0 Å². The van der Waals surface area contributed by atoms with Crippen LogP contribution in [0.3, 0.4) is 0 Å². The number of aromatic nitrogens is 3. The van der Waals surface area contributed by atoms with Gasteiger partial charge >= 0.3 is 0 Å². The third-order valence-electron chi connectivity index (χ3n) is 5.33. The van der Waals surface area contributed by atoms with Gasteiger partial charge in [0.05, 0.1) is 5.69 Å². The number of hydrogen-bond acceptors (Lipinski definition) is 3. The fourth-order valence-corrected chi connectivity index (χ4v) is 5.08. The highest BCUT2D eigenvalue weighted by atomic mass is 15.4. The molecule has 4 heteroatoms. The molecule has 4 nitrogen and oxygen atoms in total. The predicted molar refractivity (Wildman–Crippen MR) is 68.7 cm³/mol. The molecule has 1 heterocycles. The van der Waals surface area contributed by atoms with E-state index in [0.717, 1.165) is 30.0 Å². The molecule has 98 valence electrons. The van der Waals surface area contributed by atoms with Gasteiger partial charge in [0.15, 0.2) is 0 Å². The molecule has 1 N–H and O–H groups in total. The van der Waals surface area contributed by atoms with Gasteiger partial charge in [0, 0.05) is 25.3 Å². The Kier molecular flexibility index (Phi) is 2.31. The van der Waals surface area contributed by atoms with Gasteiger partial charge in [0.25, 0.3) is 0 Å². The second-order valence-electron chi connectivity index (χ2n) is 6.93. The molecule has 0 amide bonds. The summed E-state index contributed by atoms with van der Waals surface area (Å²) in [5.74, 6) is 3.02. The summed E-state index contributed by atoms with van der Waals surface area (Å²) >= 11 is 0. The molecule has 1 aromatic heterocycles. The van der Waals surface area contributed by atoms with E-state index in [4.69, 9.17) is 0 Å². The molecule has 4 aliphatic rings. The van der Waals surface area contributed by atoms with Crippen LogP contribution in [0.2, 0.25) is 0 Å². The minimum atomic E-state index is 0.437. The highest BCUT2D eigenvalue weighted by molar-refractivity contribution is 5.07. The fraction of sp³-hybridized carbons (Fsp3) is 0.857. The smallest absolute Gasteiger partial charge is 0.0964 e. The molecule has 4 aliphatic carbocycles. The summed E-state index contributed by atoms with van der Waals surface area (Å²) in [5, 5.41) is 12.0. The van der Waals surface area contributed by atoms with Gasteiger partial charge in [-0.25, -0.2) is 0 Å². The lowest BCUT2D eigenvalue weighted by Gasteiger charge is -2.57. The lowest BCUT2D eigenvalue weighted by atomic mass is 9.53. The SMILES string of the molecule is Cn1cc(CNC23CC4CC(CC(C4)C2)C3)nn1. The highest BCUT2D eigenvalue weighted by Gasteiger charge is 2.50. The van der Waals surface area contributed by atoms with Crippen LogP contribution in [0.15, 0.2) is 6.20 Å². The summed E-state index contributed by atoms with van der Waals surface area (Å²) in [4.78, 5) is 0. The van der Waals surface area contributed by atoms with Crippen LogP contribution >= 0.6 is 0 Å². The van der Waals surface area contributed by atoms with Gasteiger partial charge in [-0.3, -0.25) is 4.68 Å². The summed E-state index contributed by atoms with van der Waals surface area (Å²) in [5.41, 5.74) is 1.51. The second-order valence-corrected chi connectivity index (χ2v) is 6.93. The van der Waals surface area contributed by atoms with E-state index in [1.807, 2.05) is 13.2 Å². The maximum Gasteiger partial charge on any atom is 0.0964 e. The molecule has 0 spiro atoms. The van der Waals surface area contributed by atoms with E-state index < -0.39 is 0 Å². The van der Waals surface area contributed by atoms with Gasteiger partial charge in [0.1, 0.15) is 0 Å². The number of nitrogens with zero attached hydrogens (tertiary/aromatic N) is 3. The summed E-state index contributed by atoms with van der Waals surface area (Å²) in [6, 6.07) is 0. The molecule has 0 aliphatic heterocycles. The van der Waals surface area contributed by atoms with Crippen molar-refractivity contribution in [1.82, 2.24) is 20.3 Å². The van der Waals surface area contributed by atoms with Crippen LogP contribution in [0, 0.1) is 17.8 Å². The summed E-state index contributed by atoms with van der Waals surface area (Å²) in [6.45, 7) is 0.889. The Bertz CT molecular complexity index is 415. The molecule has 0 radical (unpaired) electrons. The number of rotatable bonds is 3. The van der Waals surface area contributed by atoms with E-state index in [0.29, 0.717) is 5.54 Å². The van der Waals surface area contributed by atoms with Crippen molar-refractivity contribution in [2.24, 2.45) is 24.8 Å². The maximum atomic E-state index is 4.18. The van der Waals surface area contributed by atoms with Crippen molar-refractivity contribution >= 4 is 0 Å². The molecule has 0 aromatic carbocycles. The zero-order valence-electron chi connectivity index (χ0n) is 11.1. The van der Waals surface area contributed by atoms with Crippen LogP contribution in [0.4, 0.5) is 0 Å². The zero-order valence-corrected chi connectivity index (χ0v) is 11.1. The van der Waals surface area contributed by atoms with Gasteiger partial charge in [-0.15, -0.1) is 5.10 Å². The molecule has 4 fully saturated rings. The normalized spacial score (nSPS) is 41.5. The summed E-state index contributed by atoms with van der Waals surface area (Å²) < 4.78 is 1.79. The lowest BCUT2D eigenvalue weighted by molar-refractivity contribution is -0.0207. The van der Waals surface area contributed by atoms with E-state index in [1.165, 1.54) is 38.5 Å². The number of nitrogens with one attached hydrogen (secondary N) is 1. The van der Waals surface area contributed by atoms with Crippen molar-refractivity contribution in [2.45, 2.75) is 50.6 Å². The van der Waals surface area contributed by atoms with Crippen LogP contribution < -0.4 is 5.32 Å². The van der Waals surface area contributed by atoms with Gasteiger partial charge in [0.2, 0.25) is 0 Å². The van der Waals surface area contributed by atoms with Crippen molar-refractivity contribution < 1.29 is 0 Å². The Balaban J connectivity index is 1.47. The van der Waals surface area contributed by atoms with E-state index in [-0.39, 0.29) is 0 Å². The first-order chi connectivity index (χ1) is 8.71. The minimum absolute atomic E-state index is 0.437. The topological polar surface area (TPSA) is 42.7 Å². The maximum absolute atomic E-state index is 4.18. The standard InChI is InChI=1S/C14H22N4/c1-18-9-13(16-17-18)8-15-14-5-10-2-11(6-14)4-12(3-10)7-14/h9-12,15H,2-8H2,1H3. The van der Waals surface area contributed by atoms with E-state index in [9.17, 15) is 0 Å². The van der Waals surface area contributed by atoms with E-state index >= 15 is 0 Å². The first-order valence-electron chi connectivity index (χ1n) is 7.31. The molecular formula is C14H22N4. The largest absolute Gasteiger partial charge is 0.305 e. The summed E-state index contributed by atoms with van der Waals surface area (Å²) in [6.07, 6.45) is 10.7. The van der Waals surface area contributed by atoms with E-state index in [2.05, 4.69) is 15.6 Å². The van der Waals surface area contributed by atoms with Gasteiger partial charge in [-0.05, 0) is 56.3 Å². The van der Waals surface area contributed by atoms with Crippen molar-refractivity contribution in [3.8, 4) is 0 Å². The van der Waals surface area contributed by atoms with Gasteiger partial charge in [-0.1, -0.05) is 5.21 Å². The Hall–Kier alpha value is -0.900. The third-order valence-corrected chi connectivity index (χ3v) is 5.33. The Morgan fingerprint density at radius 1 is 1.22 bits per heavy atom. The van der Waals surface area contributed by atoms with Gasteiger partial charge < -0.3 is 5.32 Å². The Labute approximate surface area is 108 Å². The Morgan fingerprint density at radius 2 is 1.83 bits per heavy atom. The fourth-order valence-electron chi connectivity index (χ4n) is 5.08. The molecule has 1 aromatic rings. The summed E-state index contributed by atoms with van der Waals surface area (Å²) in [7, 11) is 1.93. The molecule has 5 rings (SSSR count). The monoisotopic (exact) mass is 246 g/mol. The van der Waals surface area contributed by atoms with Crippen molar-refractivity contribution in [2.75, 3.05) is 0 Å². The van der Waals surface area contributed by atoms with E-state index in [1.54, 1.807) is 4.68 Å². The molecule has 4 bridgehead atoms. The van der Waals surface area contributed by atoms with Gasteiger partial charge in [-0.2, -0.15) is 0 Å². The van der Waals surface area contributed by atoms with Crippen LogP contribution in [0.1, 0.15) is 44.2 Å². The average molecular weight is 246 g/mol. The molecule has 18 heavy (non-hydrogen) atoms. The van der Waals surface area contributed by atoms with Crippen LogP contribution in [-0.2, 0) is 13.6 Å². The quantitative estimate of drug-likeness (QED) is 0.885.